The Morgan fingerprint density at radius 1 is 0.607 bits per heavy atom. The molecule has 0 saturated heterocycles. The Labute approximate surface area is 167 Å². The van der Waals surface area contributed by atoms with Crippen LogP contribution in [-0.2, 0) is 10.8 Å². The minimum absolute atomic E-state index is 0.320. The van der Waals surface area contributed by atoms with Gasteiger partial charge in [0.05, 0.1) is 0 Å². The van der Waals surface area contributed by atoms with Crippen molar-refractivity contribution in [3.63, 3.8) is 0 Å². The molecule has 0 bridgehead atoms. The van der Waals surface area contributed by atoms with Gasteiger partial charge < -0.3 is 22.9 Å². The van der Waals surface area contributed by atoms with Gasteiger partial charge in [-0.2, -0.15) is 0 Å². The minimum Gasteiger partial charge on any atom is -0.399 e. The fraction of sp³-hybridized carbons (Fsp3) is 0.250. The minimum atomic E-state index is -0.371. The second-order valence-corrected chi connectivity index (χ2v) is 8.49. The smallest absolute Gasteiger partial charge is 0.0417 e. The molecule has 28 heavy (non-hydrogen) atoms. The third kappa shape index (κ3) is 3.26. The highest BCUT2D eigenvalue weighted by Crippen LogP contribution is 2.44. The second-order valence-electron chi connectivity index (χ2n) is 8.49. The Morgan fingerprint density at radius 2 is 1.25 bits per heavy atom. The average Bonchev–Trinajstić information content (AvgIpc) is 2.61. The molecule has 0 atom stereocenters. The molecule has 0 aliphatic heterocycles. The first-order chi connectivity index (χ1) is 13.0. The SMILES string of the molecule is CC(C)(c1cccc(N)c1)c1ccc(N)c(C(C)(C)c2ccc(N)cc2)c1N. The van der Waals surface area contributed by atoms with Crippen LogP contribution in [0.1, 0.15) is 49.9 Å². The molecule has 0 heterocycles. The molecule has 4 heteroatoms. The molecule has 0 saturated carbocycles. The highest BCUT2D eigenvalue weighted by atomic mass is 14.7. The van der Waals surface area contributed by atoms with Gasteiger partial charge in [-0.25, -0.2) is 0 Å². The van der Waals surface area contributed by atoms with Gasteiger partial charge in [0.2, 0.25) is 0 Å². The molecule has 0 aliphatic rings. The first-order valence-electron chi connectivity index (χ1n) is 9.46. The number of nitrogen functional groups attached to an aromatic ring is 4. The van der Waals surface area contributed by atoms with Crippen molar-refractivity contribution in [3.05, 3.63) is 82.9 Å². The molecule has 0 amide bonds. The van der Waals surface area contributed by atoms with Crippen LogP contribution in [0.2, 0.25) is 0 Å². The summed E-state index contributed by atoms with van der Waals surface area (Å²) in [5, 5.41) is 0. The van der Waals surface area contributed by atoms with Gasteiger partial charge in [-0.1, -0.05) is 58.0 Å². The summed E-state index contributed by atoms with van der Waals surface area (Å²) in [5.74, 6) is 0. The van der Waals surface area contributed by atoms with Gasteiger partial charge in [-0.05, 0) is 47.0 Å². The van der Waals surface area contributed by atoms with Crippen LogP contribution in [0.5, 0.6) is 0 Å². The highest BCUT2D eigenvalue weighted by molar-refractivity contribution is 5.72. The van der Waals surface area contributed by atoms with Gasteiger partial charge in [0.15, 0.2) is 0 Å². The summed E-state index contributed by atoms with van der Waals surface area (Å²) < 4.78 is 0. The third-order valence-electron chi connectivity index (χ3n) is 5.82. The van der Waals surface area contributed by atoms with Crippen LogP contribution in [0.3, 0.4) is 0 Å². The molecule has 0 fully saturated rings. The van der Waals surface area contributed by atoms with Gasteiger partial charge >= 0.3 is 0 Å². The first kappa shape index (κ1) is 19.6. The van der Waals surface area contributed by atoms with Crippen LogP contribution < -0.4 is 22.9 Å². The van der Waals surface area contributed by atoms with Crippen molar-refractivity contribution < 1.29 is 0 Å². The van der Waals surface area contributed by atoms with E-state index in [9.17, 15) is 0 Å². The molecule has 3 aromatic rings. The predicted molar refractivity (Wildman–Crippen MR) is 121 cm³/mol. The lowest BCUT2D eigenvalue weighted by molar-refractivity contribution is 0.624. The fourth-order valence-corrected chi connectivity index (χ4v) is 4.01. The first-order valence-corrected chi connectivity index (χ1v) is 9.46. The van der Waals surface area contributed by atoms with Crippen LogP contribution in [0.4, 0.5) is 22.7 Å². The molecule has 0 radical (unpaired) electrons. The van der Waals surface area contributed by atoms with Crippen LogP contribution in [0.15, 0.2) is 60.7 Å². The Kier molecular flexibility index (Phi) is 4.76. The Morgan fingerprint density at radius 3 is 1.86 bits per heavy atom. The average molecular weight is 375 g/mol. The molecule has 0 unspecified atom stereocenters. The summed E-state index contributed by atoms with van der Waals surface area (Å²) in [7, 11) is 0. The molecule has 3 aromatic carbocycles. The summed E-state index contributed by atoms with van der Waals surface area (Å²) in [5.41, 5.74) is 31.5. The molecule has 0 spiro atoms. The lowest BCUT2D eigenvalue weighted by Gasteiger charge is -2.34. The van der Waals surface area contributed by atoms with Gasteiger partial charge in [-0.3, -0.25) is 0 Å². The van der Waals surface area contributed by atoms with Crippen LogP contribution in [0.25, 0.3) is 0 Å². The Balaban J connectivity index is 2.19. The van der Waals surface area contributed by atoms with Gasteiger partial charge in [0.25, 0.3) is 0 Å². The van der Waals surface area contributed by atoms with E-state index >= 15 is 0 Å². The number of hydrogen-bond donors (Lipinski definition) is 4. The van der Waals surface area contributed by atoms with E-state index < -0.39 is 0 Å². The molecular weight excluding hydrogens is 344 g/mol. The quantitative estimate of drug-likeness (QED) is 0.498. The predicted octanol–water partition coefficient (Wildman–Crippen LogP) is 4.67. The van der Waals surface area contributed by atoms with Crippen molar-refractivity contribution in [1.82, 2.24) is 0 Å². The van der Waals surface area contributed by atoms with Crippen molar-refractivity contribution in [1.29, 1.82) is 0 Å². The maximum absolute atomic E-state index is 6.76. The van der Waals surface area contributed by atoms with E-state index in [0.717, 1.165) is 33.6 Å². The van der Waals surface area contributed by atoms with E-state index in [2.05, 4.69) is 33.8 Å². The van der Waals surface area contributed by atoms with Gasteiger partial charge in [-0.15, -0.1) is 0 Å². The Bertz CT molecular complexity index is 1000. The van der Waals surface area contributed by atoms with Crippen molar-refractivity contribution >= 4 is 22.7 Å². The van der Waals surface area contributed by atoms with Gasteiger partial charge in [0.1, 0.15) is 0 Å². The summed E-state index contributed by atoms with van der Waals surface area (Å²) in [4.78, 5) is 0. The van der Waals surface area contributed by atoms with E-state index in [-0.39, 0.29) is 10.8 Å². The topological polar surface area (TPSA) is 104 Å². The molecule has 4 nitrogen and oxygen atoms in total. The van der Waals surface area contributed by atoms with Crippen molar-refractivity contribution in [2.45, 2.75) is 38.5 Å². The molecular formula is C24H30N4. The zero-order chi connectivity index (χ0) is 20.7. The van der Waals surface area contributed by atoms with Crippen molar-refractivity contribution in [2.24, 2.45) is 0 Å². The summed E-state index contributed by atoms with van der Waals surface area (Å²) in [6.07, 6.45) is 0. The lowest BCUT2D eigenvalue weighted by atomic mass is 9.71. The van der Waals surface area contributed by atoms with Crippen LogP contribution in [-0.4, -0.2) is 0 Å². The van der Waals surface area contributed by atoms with E-state index in [0.29, 0.717) is 11.4 Å². The Hall–Kier alpha value is -3.14. The van der Waals surface area contributed by atoms with Crippen molar-refractivity contribution in [3.8, 4) is 0 Å². The summed E-state index contributed by atoms with van der Waals surface area (Å²) in [6.45, 7) is 8.59. The third-order valence-corrected chi connectivity index (χ3v) is 5.82. The summed E-state index contributed by atoms with van der Waals surface area (Å²) in [6, 6.07) is 19.8. The maximum atomic E-state index is 6.76. The van der Waals surface area contributed by atoms with E-state index in [4.69, 9.17) is 22.9 Å². The van der Waals surface area contributed by atoms with Crippen LogP contribution in [0, 0.1) is 0 Å². The molecule has 3 rings (SSSR count). The zero-order valence-electron chi connectivity index (χ0n) is 17.1. The van der Waals surface area contributed by atoms with E-state index in [1.165, 1.54) is 0 Å². The molecule has 0 aliphatic carbocycles. The monoisotopic (exact) mass is 374 g/mol. The molecule has 8 N–H and O–H groups in total. The van der Waals surface area contributed by atoms with Crippen molar-refractivity contribution in [2.75, 3.05) is 22.9 Å². The van der Waals surface area contributed by atoms with Gasteiger partial charge in [0, 0.05) is 39.1 Å². The molecule has 146 valence electrons. The van der Waals surface area contributed by atoms with E-state index in [1.807, 2.05) is 54.6 Å². The fourth-order valence-electron chi connectivity index (χ4n) is 4.01. The number of benzene rings is 3. The van der Waals surface area contributed by atoms with E-state index in [1.54, 1.807) is 0 Å². The number of rotatable bonds is 4. The number of anilines is 4. The van der Waals surface area contributed by atoms with Crippen LogP contribution >= 0.6 is 0 Å². The zero-order valence-corrected chi connectivity index (χ0v) is 17.1. The standard InChI is InChI=1S/C24H30N4/c1-23(2,16-6-5-7-18(26)14-16)19-12-13-20(27)21(22(19)28)24(3,4)15-8-10-17(25)11-9-15/h5-14H,25-28H2,1-4H3. The maximum Gasteiger partial charge on any atom is 0.0417 e. The summed E-state index contributed by atoms with van der Waals surface area (Å²) >= 11 is 0. The lowest BCUT2D eigenvalue weighted by Crippen LogP contribution is -2.27. The largest absolute Gasteiger partial charge is 0.399 e. The number of hydrogen-bond acceptors (Lipinski definition) is 4. The molecule has 0 aromatic heterocycles. The number of nitrogens with two attached hydrogens (primary N) is 4. The highest BCUT2D eigenvalue weighted by Gasteiger charge is 2.33. The second kappa shape index (κ2) is 6.79. The normalized spacial score (nSPS) is 12.1.